The molecule has 0 bridgehead atoms. The average Bonchev–Trinajstić information content (AvgIpc) is 2.52. The monoisotopic (exact) mass is 199 g/mol. The Balaban J connectivity index is 2.44. The van der Waals surface area contributed by atoms with E-state index >= 15 is 0 Å². The summed E-state index contributed by atoms with van der Waals surface area (Å²) in [6.07, 6.45) is 1.37. The Morgan fingerprint density at radius 2 is 2.27 bits per heavy atom. The zero-order valence-electron chi connectivity index (χ0n) is 8.99. The van der Waals surface area contributed by atoms with Crippen molar-refractivity contribution in [3.63, 3.8) is 0 Å². The number of benzene rings is 1. The van der Waals surface area contributed by atoms with Crippen molar-refractivity contribution in [1.29, 1.82) is 5.26 Å². The van der Waals surface area contributed by atoms with Crippen LogP contribution in [0.5, 0.6) is 0 Å². The van der Waals surface area contributed by atoms with E-state index in [1.807, 2.05) is 14.0 Å². The molecule has 2 aromatic rings. The summed E-state index contributed by atoms with van der Waals surface area (Å²) in [6, 6.07) is 8.37. The van der Waals surface area contributed by atoms with E-state index in [1.54, 1.807) is 0 Å². The molecule has 0 fully saturated rings. The third kappa shape index (κ3) is 1.71. The van der Waals surface area contributed by atoms with Gasteiger partial charge in [0.1, 0.15) is 5.82 Å². The van der Waals surface area contributed by atoms with Crippen LogP contribution in [0, 0.1) is 18.3 Å². The summed E-state index contributed by atoms with van der Waals surface area (Å²) in [7, 11) is 2.01. The molecule has 0 atom stereocenters. The Bertz CT molecular complexity index is 532. The van der Waals surface area contributed by atoms with E-state index in [2.05, 4.69) is 33.8 Å². The number of imidazole rings is 1. The van der Waals surface area contributed by atoms with Crippen molar-refractivity contribution >= 4 is 11.0 Å². The van der Waals surface area contributed by atoms with Crippen molar-refractivity contribution < 1.29 is 0 Å². The number of rotatable bonds is 2. The van der Waals surface area contributed by atoms with E-state index in [1.165, 1.54) is 5.56 Å². The number of hydrogen-bond acceptors (Lipinski definition) is 2. The first-order valence-electron chi connectivity index (χ1n) is 5.01. The molecule has 0 radical (unpaired) electrons. The van der Waals surface area contributed by atoms with Crippen LogP contribution >= 0.6 is 0 Å². The van der Waals surface area contributed by atoms with Gasteiger partial charge in [0.2, 0.25) is 0 Å². The van der Waals surface area contributed by atoms with Crippen molar-refractivity contribution in [2.45, 2.75) is 19.8 Å². The highest BCUT2D eigenvalue weighted by Gasteiger charge is 2.04. The molecule has 0 spiro atoms. The Hall–Kier alpha value is -1.82. The van der Waals surface area contributed by atoms with Gasteiger partial charge in [-0.2, -0.15) is 5.26 Å². The normalized spacial score (nSPS) is 10.5. The van der Waals surface area contributed by atoms with Gasteiger partial charge in [0, 0.05) is 13.5 Å². The lowest BCUT2D eigenvalue weighted by Gasteiger charge is -1.98. The standard InChI is InChI=1S/C12H13N3/c1-9-14-11-8-10(4-3-7-13)5-6-12(11)15(9)2/h5-6,8H,3-4H2,1-2H3. The van der Waals surface area contributed by atoms with Gasteiger partial charge >= 0.3 is 0 Å². The first kappa shape index (κ1) is 9.72. The van der Waals surface area contributed by atoms with Gasteiger partial charge in [-0.1, -0.05) is 6.07 Å². The maximum absolute atomic E-state index is 8.52. The van der Waals surface area contributed by atoms with Gasteiger partial charge in [-0.3, -0.25) is 0 Å². The predicted molar refractivity (Wildman–Crippen MR) is 59.4 cm³/mol. The number of nitrogens with zero attached hydrogens (tertiary/aromatic N) is 3. The summed E-state index contributed by atoms with van der Waals surface area (Å²) in [4.78, 5) is 4.46. The largest absolute Gasteiger partial charge is 0.331 e. The summed E-state index contributed by atoms with van der Waals surface area (Å²) in [6.45, 7) is 1.99. The highest BCUT2D eigenvalue weighted by molar-refractivity contribution is 5.76. The summed E-state index contributed by atoms with van der Waals surface area (Å²) in [5.74, 6) is 1.02. The molecule has 2 rings (SSSR count). The first-order chi connectivity index (χ1) is 7.22. The van der Waals surface area contributed by atoms with Gasteiger partial charge in [0.25, 0.3) is 0 Å². The zero-order chi connectivity index (χ0) is 10.8. The molecule has 76 valence electrons. The van der Waals surface area contributed by atoms with E-state index in [4.69, 9.17) is 5.26 Å². The van der Waals surface area contributed by atoms with Crippen LogP contribution in [0.3, 0.4) is 0 Å². The molecular weight excluding hydrogens is 186 g/mol. The summed E-state index contributed by atoms with van der Waals surface area (Å²) in [5.41, 5.74) is 3.35. The van der Waals surface area contributed by atoms with E-state index in [0.717, 1.165) is 23.3 Å². The van der Waals surface area contributed by atoms with E-state index in [9.17, 15) is 0 Å². The minimum atomic E-state index is 0.567. The molecular formula is C12H13N3. The van der Waals surface area contributed by atoms with Crippen LogP contribution in [0.15, 0.2) is 18.2 Å². The Morgan fingerprint density at radius 3 is 3.00 bits per heavy atom. The molecule has 1 aromatic heterocycles. The van der Waals surface area contributed by atoms with Crippen molar-refractivity contribution in [1.82, 2.24) is 9.55 Å². The van der Waals surface area contributed by atoms with Crippen LogP contribution in [-0.4, -0.2) is 9.55 Å². The number of hydrogen-bond donors (Lipinski definition) is 0. The van der Waals surface area contributed by atoms with Crippen LogP contribution in [0.2, 0.25) is 0 Å². The third-order valence-corrected chi connectivity index (χ3v) is 2.69. The van der Waals surface area contributed by atoms with E-state index in [-0.39, 0.29) is 0 Å². The van der Waals surface area contributed by atoms with Crippen LogP contribution in [0.1, 0.15) is 17.8 Å². The Labute approximate surface area is 89.0 Å². The van der Waals surface area contributed by atoms with Crippen molar-refractivity contribution in [2.75, 3.05) is 0 Å². The number of nitriles is 1. The van der Waals surface area contributed by atoms with Crippen molar-refractivity contribution in [2.24, 2.45) is 7.05 Å². The van der Waals surface area contributed by atoms with Crippen molar-refractivity contribution in [3.8, 4) is 6.07 Å². The lowest BCUT2D eigenvalue weighted by molar-refractivity contribution is 0.886. The van der Waals surface area contributed by atoms with Gasteiger partial charge in [-0.25, -0.2) is 4.98 Å². The summed E-state index contributed by atoms with van der Waals surface area (Å²) >= 11 is 0. The van der Waals surface area contributed by atoms with Crippen molar-refractivity contribution in [3.05, 3.63) is 29.6 Å². The van der Waals surface area contributed by atoms with Crippen LogP contribution < -0.4 is 0 Å². The molecule has 3 nitrogen and oxygen atoms in total. The Morgan fingerprint density at radius 1 is 1.47 bits per heavy atom. The lowest BCUT2D eigenvalue weighted by Crippen LogP contribution is -1.90. The maximum atomic E-state index is 8.52. The minimum Gasteiger partial charge on any atom is -0.331 e. The highest BCUT2D eigenvalue weighted by Crippen LogP contribution is 2.17. The molecule has 15 heavy (non-hydrogen) atoms. The molecule has 0 N–H and O–H groups in total. The molecule has 0 aliphatic carbocycles. The SMILES string of the molecule is Cc1nc2cc(CCC#N)ccc2n1C. The number of aryl methyl sites for hydroxylation is 3. The summed E-state index contributed by atoms with van der Waals surface area (Å²) in [5, 5.41) is 8.52. The fraction of sp³-hybridized carbons (Fsp3) is 0.333. The molecule has 0 amide bonds. The predicted octanol–water partition coefficient (Wildman–Crippen LogP) is 2.34. The molecule has 0 aliphatic rings. The smallest absolute Gasteiger partial charge is 0.106 e. The number of aromatic nitrogens is 2. The molecule has 0 unspecified atom stereocenters. The molecule has 0 saturated carbocycles. The van der Waals surface area contributed by atoms with Gasteiger partial charge in [-0.05, 0) is 31.0 Å². The average molecular weight is 199 g/mol. The highest BCUT2D eigenvalue weighted by atomic mass is 15.0. The molecule has 0 saturated heterocycles. The molecule has 3 heteroatoms. The van der Waals surface area contributed by atoms with Gasteiger partial charge in [0.15, 0.2) is 0 Å². The third-order valence-electron chi connectivity index (χ3n) is 2.69. The zero-order valence-corrected chi connectivity index (χ0v) is 8.99. The molecule has 0 aliphatic heterocycles. The van der Waals surface area contributed by atoms with E-state index < -0.39 is 0 Å². The fourth-order valence-electron chi connectivity index (χ4n) is 1.72. The molecule has 1 aromatic carbocycles. The quantitative estimate of drug-likeness (QED) is 0.745. The topological polar surface area (TPSA) is 41.6 Å². The second kappa shape index (κ2) is 3.74. The van der Waals surface area contributed by atoms with Crippen LogP contribution in [0.4, 0.5) is 0 Å². The van der Waals surface area contributed by atoms with Crippen LogP contribution in [-0.2, 0) is 13.5 Å². The molecule has 1 heterocycles. The Kier molecular flexibility index (Phi) is 2.42. The van der Waals surface area contributed by atoms with Gasteiger partial charge < -0.3 is 4.57 Å². The number of fused-ring (bicyclic) bond motifs is 1. The summed E-state index contributed by atoms with van der Waals surface area (Å²) < 4.78 is 2.07. The maximum Gasteiger partial charge on any atom is 0.106 e. The van der Waals surface area contributed by atoms with Gasteiger partial charge in [-0.15, -0.1) is 0 Å². The first-order valence-corrected chi connectivity index (χ1v) is 5.01. The fourth-order valence-corrected chi connectivity index (χ4v) is 1.72. The second-order valence-electron chi connectivity index (χ2n) is 3.70. The van der Waals surface area contributed by atoms with Crippen LogP contribution in [0.25, 0.3) is 11.0 Å². The minimum absolute atomic E-state index is 0.567. The lowest BCUT2D eigenvalue weighted by atomic mass is 10.1. The second-order valence-corrected chi connectivity index (χ2v) is 3.70. The van der Waals surface area contributed by atoms with Gasteiger partial charge in [0.05, 0.1) is 17.1 Å². The van der Waals surface area contributed by atoms with E-state index in [0.29, 0.717) is 6.42 Å².